The lowest BCUT2D eigenvalue weighted by Gasteiger charge is -2.00. The lowest BCUT2D eigenvalue weighted by atomic mass is 10.1. The molecule has 0 bridgehead atoms. The molecule has 3 nitrogen and oxygen atoms in total. The van der Waals surface area contributed by atoms with Crippen molar-refractivity contribution in [1.82, 2.24) is 10.1 Å². The smallest absolute Gasteiger partial charge is 0.223 e. The van der Waals surface area contributed by atoms with Crippen molar-refractivity contribution in [3.05, 3.63) is 29.9 Å². The second-order valence-electron chi connectivity index (χ2n) is 2.78. The minimum absolute atomic E-state index is 0.616. The number of hydrogen-bond donors (Lipinski definition) is 0. The minimum atomic E-state index is 0.616. The van der Waals surface area contributed by atoms with E-state index in [1.807, 2.05) is 6.08 Å². The van der Waals surface area contributed by atoms with Crippen molar-refractivity contribution in [3.63, 3.8) is 0 Å². The Morgan fingerprint density at radius 3 is 2.92 bits per heavy atom. The zero-order valence-electron chi connectivity index (χ0n) is 6.95. The quantitative estimate of drug-likeness (QED) is 0.634. The summed E-state index contributed by atoms with van der Waals surface area (Å²) >= 11 is 0. The van der Waals surface area contributed by atoms with Crippen LogP contribution in [0.3, 0.4) is 0 Å². The number of aromatic nitrogens is 2. The van der Waals surface area contributed by atoms with Crippen LogP contribution in [0.5, 0.6) is 0 Å². The molecule has 0 N–H and O–H groups in total. The number of allylic oxidation sites excluding steroid dienone is 4. The maximum atomic E-state index is 4.88. The molecule has 0 radical (unpaired) electrons. The van der Waals surface area contributed by atoms with Gasteiger partial charge >= 0.3 is 0 Å². The maximum Gasteiger partial charge on any atom is 0.223 e. The molecule has 1 aromatic heterocycles. The summed E-state index contributed by atoms with van der Waals surface area (Å²) in [4.78, 5) is 4.14. The standard InChI is InChI=1S/C9H10N2O/c1-7-10-9(11-12-7)8-5-3-2-4-6-8/h3,5-6H,2,4H2,1H3. The summed E-state index contributed by atoms with van der Waals surface area (Å²) in [6, 6.07) is 0. The van der Waals surface area contributed by atoms with E-state index in [1.165, 1.54) is 0 Å². The van der Waals surface area contributed by atoms with Crippen LogP contribution < -0.4 is 0 Å². The van der Waals surface area contributed by atoms with Gasteiger partial charge in [-0.05, 0) is 12.8 Å². The Balaban J connectivity index is 2.30. The van der Waals surface area contributed by atoms with Crippen molar-refractivity contribution in [2.24, 2.45) is 0 Å². The molecule has 3 heteroatoms. The first-order chi connectivity index (χ1) is 5.86. The largest absolute Gasteiger partial charge is 0.339 e. The van der Waals surface area contributed by atoms with Gasteiger partial charge in [0, 0.05) is 12.5 Å². The Hall–Kier alpha value is -1.38. The number of nitrogens with zero attached hydrogens (tertiary/aromatic N) is 2. The van der Waals surface area contributed by atoms with Gasteiger partial charge in [0.05, 0.1) is 0 Å². The predicted octanol–water partition coefficient (Wildman–Crippen LogP) is 2.11. The van der Waals surface area contributed by atoms with E-state index < -0.39 is 0 Å². The van der Waals surface area contributed by atoms with Gasteiger partial charge in [-0.25, -0.2) is 0 Å². The summed E-state index contributed by atoms with van der Waals surface area (Å²) in [5, 5.41) is 3.83. The molecule has 1 aromatic rings. The molecule has 0 fully saturated rings. The fourth-order valence-electron chi connectivity index (χ4n) is 1.20. The highest BCUT2D eigenvalue weighted by Crippen LogP contribution is 2.17. The second-order valence-corrected chi connectivity index (χ2v) is 2.78. The van der Waals surface area contributed by atoms with Gasteiger partial charge in [-0.15, -0.1) is 0 Å². The fraction of sp³-hybridized carbons (Fsp3) is 0.333. The van der Waals surface area contributed by atoms with E-state index in [-0.39, 0.29) is 0 Å². The molecule has 0 saturated carbocycles. The number of hydrogen-bond acceptors (Lipinski definition) is 3. The van der Waals surface area contributed by atoms with E-state index in [9.17, 15) is 0 Å². The van der Waals surface area contributed by atoms with Crippen LogP contribution in [-0.2, 0) is 0 Å². The molecule has 1 heterocycles. The van der Waals surface area contributed by atoms with Crippen molar-refractivity contribution in [2.45, 2.75) is 19.8 Å². The predicted molar refractivity (Wildman–Crippen MR) is 45.4 cm³/mol. The van der Waals surface area contributed by atoms with Gasteiger partial charge in [-0.2, -0.15) is 4.98 Å². The van der Waals surface area contributed by atoms with E-state index in [4.69, 9.17) is 4.52 Å². The lowest BCUT2D eigenvalue weighted by Crippen LogP contribution is -1.87. The molecule has 0 aromatic carbocycles. The van der Waals surface area contributed by atoms with Crippen LogP contribution in [0.2, 0.25) is 0 Å². The average Bonchev–Trinajstić information content (AvgIpc) is 2.54. The average molecular weight is 162 g/mol. The van der Waals surface area contributed by atoms with Gasteiger partial charge in [-0.3, -0.25) is 0 Å². The van der Waals surface area contributed by atoms with Gasteiger partial charge in [0.15, 0.2) is 0 Å². The topological polar surface area (TPSA) is 38.9 Å². The van der Waals surface area contributed by atoms with Crippen LogP contribution in [0.15, 0.2) is 22.8 Å². The summed E-state index contributed by atoms with van der Waals surface area (Å²) in [5.41, 5.74) is 1.07. The summed E-state index contributed by atoms with van der Waals surface area (Å²) in [7, 11) is 0. The first-order valence-electron chi connectivity index (χ1n) is 4.03. The Kier molecular flexibility index (Phi) is 1.78. The zero-order valence-corrected chi connectivity index (χ0v) is 6.95. The fourth-order valence-corrected chi connectivity index (χ4v) is 1.20. The molecular weight excluding hydrogens is 152 g/mol. The third kappa shape index (κ3) is 1.30. The molecule has 1 aliphatic rings. The molecule has 1 aliphatic carbocycles. The summed E-state index contributed by atoms with van der Waals surface area (Å²) in [6.07, 6.45) is 8.47. The van der Waals surface area contributed by atoms with E-state index in [1.54, 1.807) is 6.92 Å². The summed E-state index contributed by atoms with van der Waals surface area (Å²) in [6.45, 7) is 1.80. The van der Waals surface area contributed by atoms with Gasteiger partial charge in [0.2, 0.25) is 11.7 Å². The Labute approximate surface area is 70.8 Å². The SMILES string of the molecule is Cc1nc(C2=CCCC=C2)no1. The second kappa shape index (κ2) is 2.93. The summed E-state index contributed by atoms with van der Waals surface area (Å²) < 4.78 is 4.88. The molecule has 62 valence electrons. The lowest BCUT2D eigenvalue weighted by molar-refractivity contribution is 0.391. The monoisotopic (exact) mass is 162 g/mol. The zero-order chi connectivity index (χ0) is 8.39. The Morgan fingerprint density at radius 1 is 1.42 bits per heavy atom. The molecule has 0 aliphatic heterocycles. The molecule has 0 atom stereocenters. The third-order valence-electron chi connectivity index (χ3n) is 1.78. The van der Waals surface area contributed by atoms with Gasteiger partial charge in [0.1, 0.15) is 0 Å². The first kappa shape index (κ1) is 7.28. The molecular formula is C9H10N2O. The molecule has 0 saturated heterocycles. The third-order valence-corrected chi connectivity index (χ3v) is 1.78. The molecule has 0 amide bonds. The Morgan fingerprint density at radius 2 is 2.33 bits per heavy atom. The van der Waals surface area contributed by atoms with Crippen molar-refractivity contribution in [1.29, 1.82) is 0 Å². The van der Waals surface area contributed by atoms with Crippen LogP contribution in [0.25, 0.3) is 5.57 Å². The van der Waals surface area contributed by atoms with Crippen LogP contribution >= 0.6 is 0 Å². The van der Waals surface area contributed by atoms with E-state index in [0.717, 1.165) is 18.4 Å². The van der Waals surface area contributed by atoms with Crippen LogP contribution in [0, 0.1) is 6.92 Å². The van der Waals surface area contributed by atoms with Gasteiger partial charge < -0.3 is 4.52 Å². The normalized spacial score (nSPS) is 16.2. The van der Waals surface area contributed by atoms with E-state index in [2.05, 4.69) is 22.3 Å². The van der Waals surface area contributed by atoms with Gasteiger partial charge in [0.25, 0.3) is 0 Å². The highest BCUT2D eigenvalue weighted by atomic mass is 16.5. The number of aryl methyl sites for hydroxylation is 1. The Bertz CT molecular complexity index is 336. The van der Waals surface area contributed by atoms with E-state index >= 15 is 0 Å². The van der Waals surface area contributed by atoms with Crippen molar-refractivity contribution in [2.75, 3.05) is 0 Å². The van der Waals surface area contributed by atoms with Crippen LogP contribution in [0.4, 0.5) is 0 Å². The first-order valence-corrected chi connectivity index (χ1v) is 4.03. The van der Waals surface area contributed by atoms with Crippen molar-refractivity contribution in [3.8, 4) is 0 Å². The highest BCUT2D eigenvalue weighted by molar-refractivity contribution is 5.69. The molecule has 0 spiro atoms. The maximum absolute atomic E-state index is 4.88. The van der Waals surface area contributed by atoms with Gasteiger partial charge in [-0.1, -0.05) is 23.4 Å². The van der Waals surface area contributed by atoms with Crippen molar-refractivity contribution < 1.29 is 4.52 Å². The highest BCUT2D eigenvalue weighted by Gasteiger charge is 2.06. The molecule has 12 heavy (non-hydrogen) atoms. The van der Waals surface area contributed by atoms with Crippen LogP contribution in [0.1, 0.15) is 24.6 Å². The molecule has 2 rings (SSSR count). The minimum Gasteiger partial charge on any atom is -0.339 e. The summed E-state index contributed by atoms with van der Waals surface area (Å²) in [5.74, 6) is 1.31. The molecule has 0 unspecified atom stereocenters. The van der Waals surface area contributed by atoms with Crippen LogP contribution in [-0.4, -0.2) is 10.1 Å². The van der Waals surface area contributed by atoms with Crippen molar-refractivity contribution >= 4 is 5.57 Å². The number of rotatable bonds is 1. The van der Waals surface area contributed by atoms with E-state index in [0.29, 0.717) is 11.7 Å².